The topological polar surface area (TPSA) is 147 Å². The molecule has 232 valence electrons. The second-order valence-electron chi connectivity index (χ2n) is 10.6. The molecule has 2 aliphatic heterocycles. The van der Waals surface area contributed by atoms with Crippen LogP contribution in [0, 0.1) is 13.3 Å². The molecule has 2 aliphatic rings. The Balaban J connectivity index is 0.00000323. The van der Waals surface area contributed by atoms with Crippen molar-refractivity contribution >= 4 is 29.7 Å². The molecule has 4 rings (SSSR count). The Morgan fingerprint density at radius 3 is 2.53 bits per heavy atom. The zero-order valence-electron chi connectivity index (χ0n) is 25.7. The molecule has 0 aliphatic carbocycles. The Morgan fingerprint density at radius 2 is 1.88 bits per heavy atom. The quantitative estimate of drug-likeness (QED) is 0.335. The summed E-state index contributed by atoms with van der Waals surface area (Å²) < 4.78 is 40.9. The third-order valence-corrected chi connectivity index (χ3v) is 7.37. The number of hydrogen-bond acceptors (Lipinski definition) is 10. The summed E-state index contributed by atoms with van der Waals surface area (Å²) in [6.45, 7) is 7.44. The summed E-state index contributed by atoms with van der Waals surface area (Å²) >= 11 is 0. The van der Waals surface area contributed by atoms with Crippen LogP contribution in [0.1, 0.15) is 40.0 Å². The third kappa shape index (κ3) is 10.1. The molecular weight excluding hydrogens is 685 g/mol. The van der Waals surface area contributed by atoms with Gasteiger partial charge in [-0.05, 0) is 52.8 Å². The first-order valence-corrected chi connectivity index (χ1v) is 13.6. The number of hydrogen-bond donors (Lipinski definition) is 3. The van der Waals surface area contributed by atoms with Crippen molar-refractivity contribution < 1.29 is 96.7 Å². The summed E-state index contributed by atoms with van der Waals surface area (Å²) in [5.41, 5.74) is -0.671. The fourth-order valence-electron chi connectivity index (χ4n) is 4.95. The first kappa shape index (κ1) is 37.4. The van der Waals surface area contributed by atoms with E-state index in [0.717, 1.165) is 30.8 Å². The number of rotatable bonds is 8. The van der Waals surface area contributed by atoms with Crippen molar-refractivity contribution in [2.24, 2.45) is 5.92 Å². The van der Waals surface area contributed by atoms with Gasteiger partial charge in [0, 0.05) is 38.7 Å². The van der Waals surface area contributed by atoms with Gasteiger partial charge in [0.15, 0.2) is 5.82 Å². The minimum absolute atomic E-state index is 0. The Kier molecular flexibility index (Phi) is 14.3. The molecule has 16 heteroatoms. The van der Waals surface area contributed by atoms with E-state index in [1.807, 2.05) is 13.8 Å². The van der Waals surface area contributed by atoms with Crippen molar-refractivity contribution in [2.45, 2.75) is 57.6 Å². The van der Waals surface area contributed by atoms with Gasteiger partial charge in [-0.1, -0.05) is 0 Å². The molecule has 2 aromatic rings. The molecule has 2 fully saturated rings. The van der Waals surface area contributed by atoms with Crippen LogP contribution >= 0.6 is 0 Å². The Hall–Kier alpha value is -1.83. The second kappa shape index (κ2) is 16.5. The van der Waals surface area contributed by atoms with Gasteiger partial charge in [0.1, 0.15) is 17.5 Å². The number of likely N-dealkylation sites (N-methyl/N-ethyl adjacent to an activating group) is 1. The number of anilines is 3. The predicted molar refractivity (Wildman–Crippen MR) is 154 cm³/mol. The average molecular weight is 726 g/mol. The SMILES string of the molecule is CCOc1cnc(NC(=O)N(C)C2CN(c3nccc(NC(=O)OC(C)(C)C4CCNCC4)n3)CCC2(F)F)cn1.[CH3-].[Cs+]. The fraction of sp³-hybridized carbons (Fsp3) is 0.593. The summed E-state index contributed by atoms with van der Waals surface area (Å²) in [7, 11) is 1.29. The average Bonchev–Trinajstić information content (AvgIpc) is 2.94. The van der Waals surface area contributed by atoms with Crippen LogP contribution in [0.25, 0.3) is 0 Å². The molecule has 43 heavy (non-hydrogen) atoms. The van der Waals surface area contributed by atoms with Crippen LogP contribution in [0.5, 0.6) is 5.88 Å². The molecule has 0 saturated carbocycles. The van der Waals surface area contributed by atoms with E-state index in [0.29, 0.717) is 6.61 Å². The van der Waals surface area contributed by atoms with Gasteiger partial charge in [-0.15, -0.1) is 0 Å². The summed E-state index contributed by atoms with van der Waals surface area (Å²) in [4.78, 5) is 44.6. The number of carbonyl (C=O) groups is 2. The molecule has 0 spiro atoms. The van der Waals surface area contributed by atoms with Crippen LogP contribution in [-0.2, 0) is 4.74 Å². The smallest absolute Gasteiger partial charge is 0.477 e. The van der Waals surface area contributed by atoms with E-state index in [9.17, 15) is 18.4 Å². The molecule has 0 radical (unpaired) electrons. The minimum atomic E-state index is -3.16. The van der Waals surface area contributed by atoms with Crippen LogP contribution in [-0.4, -0.2) is 94.4 Å². The van der Waals surface area contributed by atoms with Gasteiger partial charge in [0.05, 0.1) is 19.0 Å². The molecule has 0 aromatic carbocycles. The molecule has 2 aromatic heterocycles. The van der Waals surface area contributed by atoms with Crippen LogP contribution in [0.3, 0.4) is 0 Å². The van der Waals surface area contributed by atoms with Gasteiger partial charge in [0.2, 0.25) is 11.8 Å². The number of carbonyl (C=O) groups excluding carboxylic acids is 2. The van der Waals surface area contributed by atoms with Crippen molar-refractivity contribution in [2.75, 3.05) is 55.4 Å². The van der Waals surface area contributed by atoms with Crippen molar-refractivity contribution in [3.63, 3.8) is 0 Å². The monoisotopic (exact) mass is 725 g/mol. The summed E-state index contributed by atoms with van der Waals surface area (Å²) in [5, 5.41) is 8.40. The maximum absolute atomic E-state index is 15.0. The van der Waals surface area contributed by atoms with E-state index >= 15 is 0 Å². The Morgan fingerprint density at radius 1 is 1.16 bits per heavy atom. The zero-order valence-corrected chi connectivity index (χ0v) is 32.0. The zero-order chi connectivity index (χ0) is 29.6. The Bertz CT molecular complexity index is 1200. The molecule has 1 unspecified atom stereocenters. The summed E-state index contributed by atoms with van der Waals surface area (Å²) in [6.07, 6.45) is 4.67. The van der Waals surface area contributed by atoms with Gasteiger partial charge in [-0.3, -0.25) is 10.6 Å². The maximum Gasteiger partial charge on any atom is 1.00 e. The molecular formula is C27H40CsF2N9O4. The number of ether oxygens (including phenoxy) is 2. The normalized spacial score (nSPS) is 18.4. The van der Waals surface area contributed by atoms with Crippen LogP contribution in [0.4, 0.5) is 36.0 Å². The summed E-state index contributed by atoms with van der Waals surface area (Å²) in [6, 6.07) is -0.760. The van der Waals surface area contributed by atoms with E-state index in [-0.39, 0.29) is 119 Å². The third-order valence-electron chi connectivity index (χ3n) is 7.37. The van der Waals surface area contributed by atoms with Crippen LogP contribution < -0.4 is 94.5 Å². The number of alkyl halides is 2. The Labute approximate surface area is 310 Å². The second-order valence-corrected chi connectivity index (χ2v) is 10.6. The van der Waals surface area contributed by atoms with Gasteiger partial charge in [0.25, 0.3) is 5.92 Å². The minimum Gasteiger partial charge on any atom is -0.477 e. The van der Waals surface area contributed by atoms with Crippen LogP contribution in [0.2, 0.25) is 0 Å². The molecule has 13 nitrogen and oxygen atoms in total. The number of amides is 3. The van der Waals surface area contributed by atoms with E-state index in [1.54, 1.807) is 11.8 Å². The maximum atomic E-state index is 15.0. The number of aromatic nitrogens is 4. The number of nitrogens with one attached hydrogen (secondary N) is 3. The number of halogens is 2. The predicted octanol–water partition coefficient (Wildman–Crippen LogP) is 0.824. The number of piperidine rings is 2. The molecule has 2 saturated heterocycles. The van der Waals surface area contributed by atoms with Gasteiger partial charge in [-0.25, -0.2) is 33.3 Å². The van der Waals surface area contributed by atoms with Gasteiger partial charge >= 0.3 is 81.0 Å². The molecule has 4 heterocycles. The largest absolute Gasteiger partial charge is 1.00 e. The fourth-order valence-corrected chi connectivity index (χ4v) is 4.95. The van der Waals surface area contributed by atoms with E-state index in [2.05, 4.69) is 35.9 Å². The number of nitrogens with zero attached hydrogens (tertiary/aromatic N) is 6. The van der Waals surface area contributed by atoms with E-state index in [1.165, 1.54) is 31.7 Å². The number of urea groups is 1. The van der Waals surface area contributed by atoms with E-state index in [4.69, 9.17) is 9.47 Å². The van der Waals surface area contributed by atoms with Crippen LogP contribution in [0.15, 0.2) is 24.7 Å². The van der Waals surface area contributed by atoms with Crippen molar-refractivity contribution in [1.29, 1.82) is 0 Å². The standard InChI is InChI=1S/C26H37F2N9O4.CH3.Cs/c1-5-40-21-15-31-20(14-32-21)34-23(38)36(4)18-16-37(13-9-26(18,27)28)22-30-12-8-19(33-22)35-24(39)41-25(2,3)17-6-10-29-11-7-17;;/h8,12,14-15,17-18,29H,5-7,9-11,13,16H2,1-4H3,(H,31,34,38)(H,30,33,35,39);1H3;/q;-1;+1. The van der Waals surface area contributed by atoms with Gasteiger partial charge in [-0.2, -0.15) is 4.98 Å². The molecule has 1 atom stereocenters. The van der Waals surface area contributed by atoms with Crippen molar-refractivity contribution in [3.05, 3.63) is 32.1 Å². The molecule has 0 bridgehead atoms. The van der Waals surface area contributed by atoms with Crippen molar-refractivity contribution in [3.8, 4) is 5.88 Å². The van der Waals surface area contributed by atoms with Crippen molar-refractivity contribution in [1.82, 2.24) is 30.2 Å². The first-order chi connectivity index (χ1) is 19.5. The van der Waals surface area contributed by atoms with Gasteiger partial charge < -0.3 is 32.0 Å². The molecule has 3 N–H and O–H groups in total. The summed E-state index contributed by atoms with van der Waals surface area (Å²) in [5.74, 6) is -2.24. The van der Waals surface area contributed by atoms with E-state index < -0.39 is 36.1 Å². The molecule has 3 amide bonds. The first-order valence-electron chi connectivity index (χ1n) is 13.6.